The Morgan fingerprint density at radius 2 is 1.93 bits per heavy atom. The van der Waals surface area contributed by atoms with Gasteiger partial charge < -0.3 is 15.1 Å². The largest absolute Gasteiger partial charge is 0.409 e. The van der Waals surface area contributed by atoms with Crippen LogP contribution in [0.3, 0.4) is 0 Å². The van der Waals surface area contributed by atoms with Gasteiger partial charge in [-0.15, -0.1) is 0 Å². The lowest BCUT2D eigenvalue weighted by Crippen LogP contribution is -2.65. The van der Waals surface area contributed by atoms with Gasteiger partial charge in [-0.1, -0.05) is 0 Å². The van der Waals surface area contributed by atoms with Gasteiger partial charge >= 0.3 is 0 Å². The van der Waals surface area contributed by atoms with Crippen molar-refractivity contribution in [2.24, 2.45) is 11.7 Å². The van der Waals surface area contributed by atoms with Crippen LogP contribution in [-0.4, -0.2) is 45.0 Å². The van der Waals surface area contributed by atoms with Crippen molar-refractivity contribution in [2.45, 2.75) is 38.1 Å². The first-order valence-electron chi connectivity index (χ1n) is 6.08. The molecule has 3 aliphatic heterocycles. The van der Waals surface area contributed by atoms with Crippen LogP contribution in [0.1, 0.15) is 12.8 Å². The summed E-state index contributed by atoms with van der Waals surface area (Å²) in [4.78, 5) is 2.52. The third-order valence-corrected chi connectivity index (χ3v) is 4.70. The van der Waals surface area contributed by atoms with E-state index in [0.29, 0.717) is 12.5 Å². The molecular weight excluding hydrogens is 204 g/mol. The molecule has 3 aliphatic rings. The standard InChI is InChI=1S/C11H24N2OSi/c1-15(2,3)14-11(8-12)9-13-6-4-10(11)5-7-13/h10H,4-9,12H2,1-3H3. The molecule has 0 aliphatic carbocycles. The van der Waals surface area contributed by atoms with Crippen molar-refractivity contribution in [1.29, 1.82) is 0 Å². The van der Waals surface area contributed by atoms with E-state index in [4.69, 9.17) is 10.2 Å². The summed E-state index contributed by atoms with van der Waals surface area (Å²) in [5.41, 5.74) is 5.99. The molecule has 0 aromatic rings. The van der Waals surface area contributed by atoms with Gasteiger partial charge in [0.2, 0.25) is 0 Å². The summed E-state index contributed by atoms with van der Waals surface area (Å²) < 4.78 is 6.42. The van der Waals surface area contributed by atoms with E-state index >= 15 is 0 Å². The molecule has 0 amide bonds. The van der Waals surface area contributed by atoms with Crippen LogP contribution in [0.15, 0.2) is 0 Å². The lowest BCUT2D eigenvalue weighted by molar-refractivity contribution is -0.0917. The molecule has 3 saturated heterocycles. The van der Waals surface area contributed by atoms with Gasteiger partial charge in [0.25, 0.3) is 0 Å². The minimum Gasteiger partial charge on any atom is -0.409 e. The number of nitrogens with two attached hydrogens (primary N) is 1. The summed E-state index contributed by atoms with van der Waals surface area (Å²) in [5.74, 6) is 0.708. The molecule has 0 aromatic heterocycles. The highest BCUT2D eigenvalue weighted by Crippen LogP contribution is 2.39. The number of fused-ring (bicyclic) bond motifs is 3. The molecule has 1 unspecified atom stereocenters. The fourth-order valence-electron chi connectivity index (χ4n) is 3.12. The summed E-state index contributed by atoms with van der Waals surface area (Å²) in [6.07, 6.45) is 2.56. The minimum atomic E-state index is -1.48. The van der Waals surface area contributed by atoms with E-state index in [1.54, 1.807) is 0 Å². The van der Waals surface area contributed by atoms with E-state index < -0.39 is 8.32 Å². The molecule has 3 fully saturated rings. The second kappa shape index (κ2) is 3.84. The molecule has 0 saturated carbocycles. The highest BCUT2D eigenvalue weighted by atomic mass is 28.4. The Bertz CT molecular complexity index is 233. The highest BCUT2D eigenvalue weighted by Gasteiger charge is 2.48. The fraction of sp³-hybridized carbons (Fsp3) is 1.00. The molecule has 0 radical (unpaired) electrons. The molecule has 2 bridgehead atoms. The van der Waals surface area contributed by atoms with E-state index in [-0.39, 0.29) is 5.60 Å². The summed E-state index contributed by atoms with van der Waals surface area (Å²) in [6, 6.07) is 0. The average molecular weight is 228 g/mol. The lowest BCUT2D eigenvalue weighted by Gasteiger charge is -2.54. The number of hydrogen-bond acceptors (Lipinski definition) is 3. The van der Waals surface area contributed by atoms with E-state index in [0.717, 1.165) is 6.54 Å². The van der Waals surface area contributed by atoms with Gasteiger partial charge in [0.05, 0.1) is 5.60 Å². The van der Waals surface area contributed by atoms with Crippen LogP contribution >= 0.6 is 0 Å². The zero-order valence-corrected chi connectivity index (χ0v) is 11.3. The molecule has 0 spiro atoms. The van der Waals surface area contributed by atoms with Crippen molar-refractivity contribution in [3.05, 3.63) is 0 Å². The third kappa shape index (κ3) is 2.28. The molecule has 0 aromatic carbocycles. The second-order valence-electron chi connectivity index (χ2n) is 6.03. The lowest BCUT2D eigenvalue weighted by atomic mass is 9.75. The van der Waals surface area contributed by atoms with Crippen LogP contribution in [-0.2, 0) is 4.43 Å². The molecule has 3 nitrogen and oxygen atoms in total. The topological polar surface area (TPSA) is 38.5 Å². The van der Waals surface area contributed by atoms with Crippen LogP contribution in [0.5, 0.6) is 0 Å². The number of hydrogen-bond donors (Lipinski definition) is 1. The maximum Gasteiger partial charge on any atom is 0.184 e. The Labute approximate surface area is 94.1 Å². The Balaban J connectivity index is 2.14. The first-order chi connectivity index (χ1) is 6.95. The molecule has 15 heavy (non-hydrogen) atoms. The van der Waals surface area contributed by atoms with Crippen LogP contribution in [0.2, 0.25) is 19.6 Å². The summed E-state index contributed by atoms with van der Waals surface area (Å²) in [6.45, 7) is 11.1. The predicted octanol–water partition coefficient (Wildman–Crippen LogP) is 1.26. The summed E-state index contributed by atoms with van der Waals surface area (Å²) >= 11 is 0. The quantitative estimate of drug-likeness (QED) is 0.739. The van der Waals surface area contributed by atoms with E-state index in [9.17, 15) is 0 Å². The first-order valence-corrected chi connectivity index (χ1v) is 9.49. The molecule has 4 heteroatoms. The van der Waals surface area contributed by atoms with Gasteiger partial charge in [0.15, 0.2) is 8.32 Å². The molecular formula is C11H24N2OSi. The van der Waals surface area contributed by atoms with Gasteiger partial charge in [0.1, 0.15) is 0 Å². The Hall–Kier alpha value is 0.0969. The molecule has 2 N–H and O–H groups in total. The second-order valence-corrected chi connectivity index (χ2v) is 10.5. The van der Waals surface area contributed by atoms with Crippen LogP contribution in [0, 0.1) is 5.92 Å². The zero-order chi connectivity index (χ0) is 11.1. The van der Waals surface area contributed by atoms with Crippen LogP contribution in [0.4, 0.5) is 0 Å². The summed E-state index contributed by atoms with van der Waals surface area (Å²) in [5, 5.41) is 0. The van der Waals surface area contributed by atoms with Crippen LogP contribution in [0.25, 0.3) is 0 Å². The van der Waals surface area contributed by atoms with Crippen molar-refractivity contribution in [3.63, 3.8) is 0 Å². The van der Waals surface area contributed by atoms with Gasteiger partial charge in [-0.05, 0) is 51.5 Å². The Kier molecular flexibility index (Phi) is 2.96. The van der Waals surface area contributed by atoms with E-state index in [1.807, 2.05) is 0 Å². The Morgan fingerprint density at radius 1 is 1.33 bits per heavy atom. The highest BCUT2D eigenvalue weighted by molar-refractivity contribution is 6.69. The normalized spacial score (nSPS) is 40.8. The van der Waals surface area contributed by atoms with Gasteiger partial charge in [0, 0.05) is 13.1 Å². The molecule has 88 valence electrons. The molecule has 1 atom stereocenters. The SMILES string of the molecule is C[Si](C)(C)OC1(CN)CN2CCC1CC2. The first kappa shape index (κ1) is 11.6. The van der Waals surface area contributed by atoms with Crippen molar-refractivity contribution in [3.8, 4) is 0 Å². The third-order valence-electron chi connectivity index (χ3n) is 3.68. The maximum absolute atomic E-state index is 6.42. The number of piperidine rings is 3. The maximum atomic E-state index is 6.42. The zero-order valence-electron chi connectivity index (χ0n) is 10.3. The van der Waals surface area contributed by atoms with Crippen LogP contribution < -0.4 is 5.73 Å². The number of nitrogens with zero attached hydrogens (tertiary/aromatic N) is 1. The monoisotopic (exact) mass is 228 g/mol. The van der Waals surface area contributed by atoms with Crippen molar-refractivity contribution in [2.75, 3.05) is 26.2 Å². The smallest absolute Gasteiger partial charge is 0.184 e. The van der Waals surface area contributed by atoms with Gasteiger partial charge in [-0.2, -0.15) is 0 Å². The predicted molar refractivity (Wildman–Crippen MR) is 65.4 cm³/mol. The number of rotatable bonds is 3. The average Bonchev–Trinajstić information content (AvgIpc) is 2.17. The van der Waals surface area contributed by atoms with Gasteiger partial charge in [-0.25, -0.2) is 0 Å². The van der Waals surface area contributed by atoms with Crippen molar-refractivity contribution in [1.82, 2.24) is 4.90 Å². The van der Waals surface area contributed by atoms with Crippen molar-refractivity contribution >= 4 is 8.32 Å². The minimum absolute atomic E-state index is 0.0129. The van der Waals surface area contributed by atoms with Crippen molar-refractivity contribution < 1.29 is 4.43 Å². The summed E-state index contributed by atoms with van der Waals surface area (Å²) in [7, 11) is -1.48. The van der Waals surface area contributed by atoms with E-state index in [2.05, 4.69) is 24.5 Å². The Morgan fingerprint density at radius 3 is 2.27 bits per heavy atom. The molecule has 3 rings (SSSR count). The van der Waals surface area contributed by atoms with Gasteiger partial charge in [-0.3, -0.25) is 0 Å². The fourth-order valence-corrected chi connectivity index (χ4v) is 4.66. The molecule has 3 heterocycles. The van der Waals surface area contributed by atoms with E-state index in [1.165, 1.54) is 25.9 Å².